The monoisotopic (exact) mass is 392 g/mol. The summed E-state index contributed by atoms with van der Waals surface area (Å²) in [5.41, 5.74) is 1.40. The fraction of sp³-hybridized carbons (Fsp3) is 0.526. The van der Waals surface area contributed by atoms with Crippen LogP contribution in [0.4, 0.5) is 0 Å². The zero-order chi connectivity index (χ0) is 19.8. The lowest BCUT2D eigenvalue weighted by atomic mass is 10.0. The van der Waals surface area contributed by atoms with Crippen LogP contribution >= 0.6 is 0 Å². The van der Waals surface area contributed by atoms with Crippen LogP contribution in [0.15, 0.2) is 23.1 Å². The average molecular weight is 392 g/mol. The van der Waals surface area contributed by atoms with E-state index >= 15 is 0 Å². The molecular weight excluding hydrogens is 368 g/mol. The molecule has 0 bridgehead atoms. The maximum Gasteiger partial charge on any atom is 0.249 e. The van der Waals surface area contributed by atoms with Gasteiger partial charge in [0.2, 0.25) is 17.7 Å². The minimum absolute atomic E-state index is 0.118. The van der Waals surface area contributed by atoms with Gasteiger partial charge in [0, 0.05) is 6.42 Å². The third-order valence-electron chi connectivity index (χ3n) is 5.52. The molecule has 1 atom stereocenters. The van der Waals surface area contributed by atoms with Crippen LogP contribution in [0, 0.1) is 13.8 Å². The first-order valence-corrected chi connectivity index (χ1v) is 10.6. The summed E-state index contributed by atoms with van der Waals surface area (Å²) in [6, 6.07) is 4.29. The highest BCUT2D eigenvalue weighted by molar-refractivity contribution is 7.93. The van der Waals surface area contributed by atoms with Gasteiger partial charge in [0.1, 0.15) is 6.04 Å². The van der Waals surface area contributed by atoms with E-state index in [0.717, 1.165) is 5.56 Å². The summed E-state index contributed by atoms with van der Waals surface area (Å²) < 4.78 is 25.5. The van der Waals surface area contributed by atoms with Gasteiger partial charge in [-0.25, -0.2) is 8.42 Å². The number of sulfone groups is 1. The average Bonchev–Trinajstić information content (AvgIpc) is 3.11. The Kier molecular flexibility index (Phi) is 5.12. The van der Waals surface area contributed by atoms with Crippen molar-refractivity contribution in [2.75, 3.05) is 0 Å². The second kappa shape index (κ2) is 7.07. The highest BCUT2D eigenvalue weighted by Crippen LogP contribution is 2.42. The summed E-state index contributed by atoms with van der Waals surface area (Å²) in [5.74, 6) is -1.61. The van der Waals surface area contributed by atoms with Crippen molar-refractivity contribution >= 4 is 27.6 Å². The first-order chi connectivity index (χ1) is 12.7. The quantitative estimate of drug-likeness (QED) is 0.751. The van der Waals surface area contributed by atoms with Crippen molar-refractivity contribution in [3.63, 3.8) is 0 Å². The molecule has 2 fully saturated rings. The Hall–Kier alpha value is -2.22. The van der Waals surface area contributed by atoms with Crippen LogP contribution in [0.5, 0.6) is 0 Å². The van der Waals surface area contributed by atoms with Crippen molar-refractivity contribution in [2.24, 2.45) is 0 Å². The molecule has 1 saturated carbocycles. The largest absolute Gasteiger partial charge is 0.343 e. The van der Waals surface area contributed by atoms with Crippen molar-refractivity contribution in [3.8, 4) is 0 Å². The molecule has 0 spiro atoms. The highest BCUT2D eigenvalue weighted by Gasteiger charge is 2.54. The van der Waals surface area contributed by atoms with E-state index in [1.807, 2.05) is 13.0 Å². The van der Waals surface area contributed by atoms with Gasteiger partial charge in [-0.1, -0.05) is 25.0 Å². The molecule has 1 aromatic rings. The lowest BCUT2D eigenvalue weighted by Crippen LogP contribution is -2.58. The minimum atomic E-state index is -3.94. The lowest BCUT2D eigenvalue weighted by molar-refractivity contribution is -0.137. The molecule has 1 aliphatic heterocycles. The molecule has 2 N–H and O–H groups in total. The van der Waals surface area contributed by atoms with Gasteiger partial charge in [-0.3, -0.25) is 19.7 Å². The molecule has 3 rings (SSSR count). The Morgan fingerprint density at radius 2 is 1.85 bits per heavy atom. The van der Waals surface area contributed by atoms with Gasteiger partial charge in [0.25, 0.3) is 0 Å². The summed E-state index contributed by atoms with van der Waals surface area (Å²) in [4.78, 5) is 36.6. The first-order valence-electron chi connectivity index (χ1n) is 9.14. The summed E-state index contributed by atoms with van der Waals surface area (Å²) in [6.45, 7) is 3.52. The van der Waals surface area contributed by atoms with Gasteiger partial charge in [-0.05, 0) is 50.3 Å². The summed E-state index contributed by atoms with van der Waals surface area (Å²) in [6.07, 6.45) is 2.01. The molecule has 7 nitrogen and oxygen atoms in total. The summed E-state index contributed by atoms with van der Waals surface area (Å²) >= 11 is 0. The van der Waals surface area contributed by atoms with E-state index in [1.54, 1.807) is 19.1 Å². The van der Waals surface area contributed by atoms with Crippen molar-refractivity contribution in [1.29, 1.82) is 0 Å². The topological polar surface area (TPSA) is 109 Å². The molecule has 146 valence electrons. The van der Waals surface area contributed by atoms with Gasteiger partial charge in [-0.2, -0.15) is 0 Å². The van der Waals surface area contributed by atoms with Crippen LogP contribution in [-0.2, 0) is 24.2 Å². The van der Waals surface area contributed by atoms with Gasteiger partial charge in [-0.15, -0.1) is 0 Å². The molecule has 1 aliphatic carbocycles. The second-order valence-corrected chi connectivity index (χ2v) is 9.68. The molecule has 0 radical (unpaired) electrons. The van der Waals surface area contributed by atoms with Crippen LogP contribution < -0.4 is 10.6 Å². The van der Waals surface area contributed by atoms with Crippen LogP contribution in [0.2, 0.25) is 0 Å². The van der Waals surface area contributed by atoms with Gasteiger partial charge in [0.15, 0.2) is 14.6 Å². The molecule has 2 aliphatic rings. The SMILES string of the molecule is Cc1ccc(C)c(S(=O)(=O)C2(C(=O)NC3CCC(=O)NC3=O)CCCC2)c1. The number of carbonyl (C=O) groups excluding carboxylic acids is 3. The molecule has 1 heterocycles. The van der Waals surface area contributed by atoms with E-state index in [2.05, 4.69) is 10.6 Å². The van der Waals surface area contributed by atoms with Crippen LogP contribution in [0.25, 0.3) is 0 Å². The molecule has 1 saturated heterocycles. The van der Waals surface area contributed by atoms with Gasteiger partial charge < -0.3 is 5.32 Å². The maximum atomic E-state index is 13.5. The Balaban J connectivity index is 1.96. The number of nitrogens with one attached hydrogen (secondary N) is 2. The van der Waals surface area contributed by atoms with Crippen LogP contribution in [0.1, 0.15) is 49.7 Å². The fourth-order valence-corrected chi connectivity index (χ4v) is 6.28. The van der Waals surface area contributed by atoms with Gasteiger partial charge >= 0.3 is 0 Å². The van der Waals surface area contributed by atoms with E-state index < -0.39 is 32.4 Å². The Morgan fingerprint density at radius 3 is 2.48 bits per heavy atom. The number of imide groups is 1. The van der Waals surface area contributed by atoms with E-state index in [1.165, 1.54) is 0 Å². The summed E-state index contributed by atoms with van der Waals surface area (Å²) in [5, 5.41) is 4.78. The second-order valence-electron chi connectivity index (χ2n) is 7.45. The maximum absolute atomic E-state index is 13.5. The van der Waals surface area contributed by atoms with E-state index in [4.69, 9.17) is 0 Å². The highest BCUT2D eigenvalue weighted by atomic mass is 32.2. The molecule has 3 amide bonds. The normalized spacial score (nSPS) is 22.4. The van der Waals surface area contributed by atoms with Crippen molar-refractivity contribution in [1.82, 2.24) is 10.6 Å². The molecule has 0 aromatic heterocycles. The molecule has 1 aromatic carbocycles. The fourth-order valence-electron chi connectivity index (χ4n) is 3.89. The number of amides is 3. The van der Waals surface area contributed by atoms with E-state index in [9.17, 15) is 22.8 Å². The number of hydrogen-bond donors (Lipinski definition) is 2. The number of piperidine rings is 1. The van der Waals surface area contributed by atoms with E-state index in [-0.39, 0.29) is 36.5 Å². The summed E-state index contributed by atoms with van der Waals surface area (Å²) in [7, 11) is -3.94. The predicted octanol–water partition coefficient (Wildman–Crippen LogP) is 1.31. The standard InChI is InChI=1S/C19H24N2O5S/c1-12-5-6-13(2)15(11-12)27(25,26)19(9-3-4-10-19)18(24)20-14-7-8-16(22)21-17(14)23/h5-6,11,14H,3-4,7-10H2,1-2H3,(H,20,24)(H,21,22,23). The Morgan fingerprint density at radius 1 is 1.19 bits per heavy atom. The zero-order valence-electron chi connectivity index (χ0n) is 15.5. The number of hydrogen-bond acceptors (Lipinski definition) is 5. The van der Waals surface area contributed by atoms with E-state index in [0.29, 0.717) is 18.4 Å². The van der Waals surface area contributed by atoms with Crippen LogP contribution in [-0.4, -0.2) is 36.9 Å². The Bertz CT molecular complexity index is 901. The number of carbonyl (C=O) groups is 3. The van der Waals surface area contributed by atoms with Crippen molar-refractivity contribution in [3.05, 3.63) is 29.3 Å². The lowest BCUT2D eigenvalue weighted by Gasteiger charge is -2.31. The third kappa shape index (κ3) is 3.38. The number of rotatable bonds is 4. The number of benzene rings is 1. The third-order valence-corrected chi connectivity index (χ3v) is 8.16. The zero-order valence-corrected chi connectivity index (χ0v) is 16.3. The molecular formula is C19H24N2O5S. The predicted molar refractivity (Wildman–Crippen MR) is 98.6 cm³/mol. The molecule has 27 heavy (non-hydrogen) atoms. The minimum Gasteiger partial charge on any atom is -0.343 e. The Labute approximate surface area is 158 Å². The van der Waals surface area contributed by atoms with Crippen molar-refractivity contribution in [2.45, 2.75) is 68.1 Å². The molecule has 1 unspecified atom stereocenters. The number of aryl methyl sites for hydroxylation is 2. The first kappa shape index (κ1) is 19.5. The smallest absolute Gasteiger partial charge is 0.249 e. The van der Waals surface area contributed by atoms with Crippen molar-refractivity contribution < 1.29 is 22.8 Å². The van der Waals surface area contributed by atoms with Gasteiger partial charge in [0.05, 0.1) is 4.90 Å². The van der Waals surface area contributed by atoms with Crippen LogP contribution in [0.3, 0.4) is 0 Å². The molecule has 8 heteroatoms.